The lowest BCUT2D eigenvalue weighted by molar-refractivity contribution is -0.671. The van der Waals surface area contributed by atoms with Crippen LogP contribution < -0.4 is 15.6 Å². The van der Waals surface area contributed by atoms with E-state index in [-0.39, 0.29) is 0 Å². The molecule has 0 unspecified atom stereocenters. The Kier molecular flexibility index (Phi) is 5.85. The minimum Gasteiger partial charge on any atom is -0.726 e. The third kappa shape index (κ3) is 5.38. The van der Waals surface area contributed by atoms with Gasteiger partial charge >= 0.3 is 0 Å². The van der Waals surface area contributed by atoms with Crippen molar-refractivity contribution < 1.29 is 21.7 Å². The maximum atomic E-state index is 9.22. The second-order valence-corrected chi connectivity index (χ2v) is 6.12. The summed E-state index contributed by atoms with van der Waals surface area (Å²) in [4.78, 5) is 4.20. The van der Waals surface area contributed by atoms with Gasteiger partial charge < -0.3 is 15.6 Å². The number of nitrogens with two attached hydrogens (primary N) is 1. The van der Waals surface area contributed by atoms with Crippen molar-refractivity contribution in [3.05, 3.63) is 48.5 Å². The monoisotopic (exact) mass is 366 g/mol. The molecule has 3 aromatic rings. The molecule has 0 amide bonds. The summed E-state index contributed by atoms with van der Waals surface area (Å²) in [5, 5.41) is 7.55. The molecule has 11 heteroatoms. The number of hydrogen-bond acceptors (Lipinski definition) is 8. The fourth-order valence-corrected chi connectivity index (χ4v) is 1.99. The average Bonchev–Trinajstić information content (AvgIpc) is 2.95. The highest BCUT2D eigenvalue weighted by atomic mass is 32.3. The Balaban J connectivity index is 0.000000326. The van der Waals surface area contributed by atoms with Gasteiger partial charge in [-0.3, -0.25) is 4.18 Å². The SMILES string of the molecule is COS(=O)(=O)[O-].C[n+]1cccc(CNc2ccnc3c(N)cnn23)c1. The van der Waals surface area contributed by atoms with E-state index in [1.165, 1.54) is 5.56 Å². The number of hydrogen-bond donors (Lipinski definition) is 2. The van der Waals surface area contributed by atoms with Crippen LogP contribution >= 0.6 is 0 Å². The molecular weight excluding hydrogens is 348 g/mol. The summed E-state index contributed by atoms with van der Waals surface area (Å²) in [6, 6.07) is 5.97. The number of nitrogens with zero attached hydrogens (tertiary/aromatic N) is 4. The normalized spacial score (nSPS) is 11.0. The van der Waals surface area contributed by atoms with Gasteiger partial charge in [0.25, 0.3) is 0 Å². The lowest BCUT2D eigenvalue weighted by Crippen LogP contribution is -2.27. The smallest absolute Gasteiger partial charge is 0.217 e. The Morgan fingerprint density at radius 3 is 2.80 bits per heavy atom. The predicted octanol–water partition coefficient (Wildman–Crippen LogP) is -0.159. The van der Waals surface area contributed by atoms with Gasteiger partial charge in [-0.15, -0.1) is 0 Å². The first-order chi connectivity index (χ1) is 11.8. The van der Waals surface area contributed by atoms with Gasteiger partial charge in [0.15, 0.2) is 18.0 Å². The largest absolute Gasteiger partial charge is 0.726 e. The third-order valence-corrected chi connectivity index (χ3v) is 3.52. The number of anilines is 2. The molecule has 0 atom stereocenters. The molecule has 134 valence electrons. The molecule has 0 saturated heterocycles. The van der Waals surface area contributed by atoms with Crippen LogP contribution in [-0.4, -0.2) is 34.7 Å². The van der Waals surface area contributed by atoms with Crippen LogP contribution in [0.2, 0.25) is 0 Å². The van der Waals surface area contributed by atoms with Crippen molar-refractivity contribution in [2.24, 2.45) is 7.05 Å². The maximum absolute atomic E-state index is 9.22. The molecule has 0 aliphatic carbocycles. The highest BCUT2D eigenvalue weighted by molar-refractivity contribution is 7.80. The first-order valence-corrected chi connectivity index (χ1v) is 8.41. The topological polar surface area (TPSA) is 139 Å². The van der Waals surface area contributed by atoms with Crippen LogP contribution in [0.25, 0.3) is 5.65 Å². The van der Waals surface area contributed by atoms with Crippen molar-refractivity contribution in [2.75, 3.05) is 18.2 Å². The van der Waals surface area contributed by atoms with Crippen molar-refractivity contribution in [3.63, 3.8) is 0 Å². The van der Waals surface area contributed by atoms with E-state index in [0.29, 0.717) is 17.9 Å². The Labute approximate surface area is 144 Å². The van der Waals surface area contributed by atoms with Crippen LogP contribution in [0.3, 0.4) is 0 Å². The number of nitrogen functional groups attached to an aromatic ring is 1. The van der Waals surface area contributed by atoms with Crippen LogP contribution in [-0.2, 0) is 28.2 Å². The molecule has 0 aliphatic rings. The molecule has 0 fully saturated rings. The fraction of sp³-hybridized carbons (Fsp3) is 0.214. The molecule has 10 nitrogen and oxygen atoms in total. The van der Waals surface area contributed by atoms with Crippen molar-refractivity contribution >= 4 is 27.6 Å². The molecule has 0 saturated carbocycles. The quantitative estimate of drug-likeness (QED) is 0.369. The molecule has 3 N–H and O–H groups in total. The van der Waals surface area contributed by atoms with Gasteiger partial charge in [0.1, 0.15) is 12.9 Å². The second-order valence-electron chi connectivity index (χ2n) is 4.97. The van der Waals surface area contributed by atoms with Gasteiger partial charge in [-0.2, -0.15) is 9.61 Å². The lowest BCUT2D eigenvalue weighted by atomic mass is 10.3. The molecule has 3 rings (SSSR count). The van der Waals surface area contributed by atoms with Crippen molar-refractivity contribution in [2.45, 2.75) is 6.54 Å². The van der Waals surface area contributed by atoms with Gasteiger partial charge in [0.05, 0.1) is 19.0 Å². The lowest BCUT2D eigenvalue weighted by Gasteiger charge is -2.07. The van der Waals surface area contributed by atoms with Crippen molar-refractivity contribution in [1.82, 2.24) is 14.6 Å². The molecule has 25 heavy (non-hydrogen) atoms. The number of fused-ring (bicyclic) bond motifs is 1. The highest BCUT2D eigenvalue weighted by Gasteiger charge is 2.06. The standard InChI is InChI=1S/C13H15N6.CH4O4S/c1-18-6-2-3-10(9-18)7-16-12-4-5-15-13-11(14)8-17-19(12)13;1-5-6(2,3)4/h2-6,8-9,16H,7,14H2,1H3;1H3,(H,2,3,4)/q+1;/p-1. The van der Waals surface area contributed by atoms with Gasteiger partial charge in [0, 0.05) is 24.4 Å². The average molecular weight is 366 g/mol. The Hall–Kier alpha value is -2.76. The third-order valence-electron chi connectivity index (χ3n) is 3.11. The maximum Gasteiger partial charge on any atom is 0.217 e. The minimum atomic E-state index is -4.41. The Morgan fingerprint density at radius 2 is 2.16 bits per heavy atom. The molecule has 3 aromatic heterocycles. The van der Waals surface area contributed by atoms with Gasteiger partial charge in [-0.25, -0.2) is 18.0 Å². The minimum absolute atomic E-state index is 0.578. The van der Waals surface area contributed by atoms with E-state index in [1.54, 1.807) is 16.9 Å². The molecule has 0 bridgehead atoms. The van der Waals surface area contributed by atoms with E-state index in [9.17, 15) is 13.0 Å². The summed E-state index contributed by atoms with van der Waals surface area (Å²) in [5.41, 5.74) is 8.23. The van der Waals surface area contributed by atoms with Crippen LogP contribution in [0.5, 0.6) is 0 Å². The Morgan fingerprint density at radius 1 is 1.44 bits per heavy atom. The summed E-state index contributed by atoms with van der Waals surface area (Å²) >= 11 is 0. The van der Waals surface area contributed by atoms with E-state index >= 15 is 0 Å². The molecule has 0 aromatic carbocycles. The van der Waals surface area contributed by atoms with E-state index < -0.39 is 10.4 Å². The highest BCUT2D eigenvalue weighted by Crippen LogP contribution is 2.15. The summed E-state index contributed by atoms with van der Waals surface area (Å²) in [5.74, 6) is 0.869. The summed E-state index contributed by atoms with van der Waals surface area (Å²) < 4.78 is 34.7. The number of nitrogens with one attached hydrogen (secondary N) is 1. The van der Waals surface area contributed by atoms with Crippen molar-refractivity contribution in [1.29, 1.82) is 0 Å². The summed E-state index contributed by atoms with van der Waals surface area (Å²) in [7, 11) is -1.60. The number of pyridine rings is 1. The fourth-order valence-electron chi connectivity index (χ4n) is 1.99. The Bertz CT molecular complexity index is 957. The molecule has 0 spiro atoms. The summed E-state index contributed by atoms with van der Waals surface area (Å²) in [6.07, 6.45) is 7.40. The zero-order chi connectivity index (χ0) is 18.4. The van der Waals surface area contributed by atoms with E-state index in [2.05, 4.69) is 31.8 Å². The van der Waals surface area contributed by atoms with E-state index in [1.807, 2.05) is 29.9 Å². The molecular formula is C14H18N6O4S. The summed E-state index contributed by atoms with van der Waals surface area (Å²) in [6.45, 7) is 0.716. The van der Waals surface area contributed by atoms with Gasteiger partial charge in [-0.1, -0.05) is 0 Å². The van der Waals surface area contributed by atoms with Crippen LogP contribution in [0.15, 0.2) is 43.0 Å². The predicted molar refractivity (Wildman–Crippen MR) is 89.1 cm³/mol. The zero-order valence-corrected chi connectivity index (χ0v) is 14.5. The zero-order valence-electron chi connectivity index (χ0n) is 13.7. The van der Waals surface area contributed by atoms with Crippen molar-refractivity contribution in [3.8, 4) is 0 Å². The van der Waals surface area contributed by atoms with Crippen LogP contribution in [0, 0.1) is 0 Å². The first kappa shape index (κ1) is 18.6. The molecule has 0 radical (unpaired) electrons. The molecule has 3 heterocycles. The van der Waals surface area contributed by atoms with E-state index in [4.69, 9.17) is 5.73 Å². The van der Waals surface area contributed by atoms with Gasteiger partial charge in [-0.05, 0) is 12.1 Å². The first-order valence-electron chi connectivity index (χ1n) is 7.08. The van der Waals surface area contributed by atoms with Gasteiger partial charge in [0.2, 0.25) is 10.4 Å². The van der Waals surface area contributed by atoms with Crippen LogP contribution in [0.4, 0.5) is 11.5 Å². The van der Waals surface area contributed by atoms with E-state index in [0.717, 1.165) is 12.9 Å². The van der Waals surface area contributed by atoms with Crippen LogP contribution in [0.1, 0.15) is 5.56 Å². The number of aromatic nitrogens is 4. The number of aryl methyl sites for hydroxylation is 1. The molecule has 0 aliphatic heterocycles. The second kappa shape index (κ2) is 7.88. The number of rotatable bonds is 4.